The van der Waals surface area contributed by atoms with Crippen LogP contribution in [0.5, 0.6) is 0 Å². The van der Waals surface area contributed by atoms with E-state index >= 15 is 0 Å². The van der Waals surface area contributed by atoms with Gasteiger partial charge >= 0.3 is 0 Å². The number of thiophene rings is 1. The lowest BCUT2D eigenvalue weighted by molar-refractivity contribution is 0.283. The van der Waals surface area contributed by atoms with Gasteiger partial charge in [0.2, 0.25) is 0 Å². The molecule has 0 aliphatic carbocycles. The Morgan fingerprint density at radius 3 is 2.93 bits per heavy atom. The van der Waals surface area contributed by atoms with Gasteiger partial charge in [0.1, 0.15) is 0 Å². The molecule has 0 atom stereocenters. The van der Waals surface area contributed by atoms with Crippen LogP contribution in [0, 0.1) is 11.3 Å². The first kappa shape index (κ1) is 9.47. The summed E-state index contributed by atoms with van der Waals surface area (Å²) in [6, 6.07) is 5.53. The number of nitrogens with zero attached hydrogens (tertiary/aromatic N) is 1. The Balaban J connectivity index is 2.89. The van der Waals surface area contributed by atoms with Crippen molar-refractivity contribution in [1.29, 1.82) is 5.26 Å². The van der Waals surface area contributed by atoms with Gasteiger partial charge in [0, 0.05) is 15.5 Å². The van der Waals surface area contributed by atoms with Crippen LogP contribution in [0.1, 0.15) is 11.1 Å². The number of halogens is 1. The van der Waals surface area contributed by atoms with Crippen molar-refractivity contribution in [2.75, 3.05) is 0 Å². The van der Waals surface area contributed by atoms with Gasteiger partial charge < -0.3 is 5.11 Å². The third kappa shape index (κ3) is 1.28. The van der Waals surface area contributed by atoms with Gasteiger partial charge in [-0.05, 0) is 11.6 Å². The average molecular weight is 224 g/mol. The molecule has 0 bridgehead atoms. The summed E-state index contributed by atoms with van der Waals surface area (Å²) in [5.74, 6) is 0. The molecule has 2 rings (SSSR count). The molecule has 0 unspecified atom stereocenters. The highest BCUT2D eigenvalue weighted by molar-refractivity contribution is 7.18. The summed E-state index contributed by atoms with van der Waals surface area (Å²) in [7, 11) is 0. The molecule has 0 amide bonds. The normalized spacial score (nSPS) is 10.4. The van der Waals surface area contributed by atoms with E-state index in [0.717, 1.165) is 15.6 Å². The summed E-state index contributed by atoms with van der Waals surface area (Å²) in [4.78, 5) is 0. The zero-order chi connectivity index (χ0) is 10.1. The quantitative estimate of drug-likeness (QED) is 0.808. The second kappa shape index (κ2) is 3.58. The lowest BCUT2D eigenvalue weighted by atomic mass is 10.1. The number of aliphatic hydroxyl groups is 1. The maximum absolute atomic E-state index is 9.09. The first-order chi connectivity index (χ1) is 6.77. The van der Waals surface area contributed by atoms with E-state index in [2.05, 4.69) is 6.07 Å². The Kier molecular flexibility index (Phi) is 2.42. The molecule has 0 fully saturated rings. The summed E-state index contributed by atoms with van der Waals surface area (Å²) < 4.78 is 0.900. The zero-order valence-electron chi connectivity index (χ0n) is 7.12. The van der Waals surface area contributed by atoms with Crippen LogP contribution in [0.15, 0.2) is 17.5 Å². The number of hydrogen-bond donors (Lipinski definition) is 1. The predicted octanol–water partition coefficient (Wildman–Crippen LogP) is 2.92. The molecule has 0 spiro atoms. The monoisotopic (exact) mass is 223 g/mol. The van der Waals surface area contributed by atoms with E-state index in [1.54, 1.807) is 17.5 Å². The van der Waals surface area contributed by atoms with Crippen molar-refractivity contribution in [3.63, 3.8) is 0 Å². The highest BCUT2D eigenvalue weighted by Gasteiger charge is 2.10. The Morgan fingerprint density at radius 2 is 2.29 bits per heavy atom. The zero-order valence-corrected chi connectivity index (χ0v) is 8.69. The molecular formula is C10H6ClNOS. The maximum atomic E-state index is 9.09. The molecule has 0 aliphatic rings. The predicted molar refractivity (Wildman–Crippen MR) is 57.5 cm³/mol. The van der Waals surface area contributed by atoms with Crippen LogP contribution < -0.4 is 0 Å². The van der Waals surface area contributed by atoms with Crippen LogP contribution in [0.4, 0.5) is 0 Å². The van der Waals surface area contributed by atoms with Crippen molar-refractivity contribution in [2.24, 2.45) is 0 Å². The summed E-state index contributed by atoms with van der Waals surface area (Å²) in [6.45, 7) is -0.0287. The molecule has 1 N–H and O–H groups in total. The number of hydrogen-bond acceptors (Lipinski definition) is 3. The molecule has 0 aliphatic heterocycles. The molecule has 1 heterocycles. The van der Waals surface area contributed by atoms with Crippen molar-refractivity contribution in [2.45, 2.75) is 6.61 Å². The third-order valence-corrected chi connectivity index (χ3v) is 3.53. The molecule has 2 nitrogen and oxygen atoms in total. The highest BCUT2D eigenvalue weighted by atomic mass is 35.5. The van der Waals surface area contributed by atoms with E-state index in [1.165, 1.54) is 11.3 Å². The lowest BCUT2D eigenvalue weighted by Crippen LogP contribution is -1.85. The van der Waals surface area contributed by atoms with Crippen molar-refractivity contribution < 1.29 is 5.11 Å². The molecule has 14 heavy (non-hydrogen) atoms. The third-order valence-electron chi connectivity index (χ3n) is 2.05. The van der Waals surface area contributed by atoms with Gasteiger partial charge in [-0.2, -0.15) is 5.26 Å². The minimum Gasteiger partial charge on any atom is -0.392 e. The van der Waals surface area contributed by atoms with Crippen molar-refractivity contribution in [3.8, 4) is 6.07 Å². The molecule has 0 saturated heterocycles. The SMILES string of the molecule is N#Cc1ccc(CO)c2scc(Cl)c12. The first-order valence-electron chi connectivity index (χ1n) is 3.97. The molecule has 0 radical (unpaired) electrons. The molecule has 1 aromatic heterocycles. The van der Waals surface area contributed by atoms with Gasteiger partial charge in [-0.1, -0.05) is 17.7 Å². The largest absolute Gasteiger partial charge is 0.392 e. The number of nitriles is 1. The van der Waals surface area contributed by atoms with E-state index < -0.39 is 0 Å². The standard InChI is InChI=1S/C10H6ClNOS/c11-8-5-14-10-7(4-13)2-1-6(3-12)9(8)10/h1-2,5,13H,4H2. The Bertz CT molecular complexity index is 527. The molecular weight excluding hydrogens is 218 g/mol. The van der Waals surface area contributed by atoms with Crippen LogP contribution >= 0.6 is 22.9 Å². The Hall–Kier alpha value is -1.08. The number of benzene rings is 1. The van der Waals surface area contributed by atoms with Gasteiger partial charge in [-0.25, -0.2) is 0 Å². The summed E-state index contributed by atoms with van der Waals surface area (Å²) in [6.07, 6.45) is 0. The van der Waals surface area contributed by atoms with Crippen molar-refractivity contribution in [3.05, 3.63) is 33.7 Å². The van der Waals surface area contributed by atoms with Crippen LogP contribution in [0.3, 0.4) is 0 Å². The fourth-order valence-corrected chi connectivity index (χ4v) is 2.73. The van der Waals surface area contributed by atoms with Crippen LogP contribution in [0.2, 0.25) is 5.02 Å². The van der Waals surface area contributed by atoms with Crippen LogP contribution in [-0.2, 0) is 6.61 Å². The summed E-state index contributed by atoms with van der Waals surface area (Å²) >= 11 is 7.41. The Labute approximate surface area is 90.0 Å². The Morgan fingerprint density at radius 1 is 1.50 bits per heavy atom. The van der Waals surface area contributed by atoms with E-state index in [-0.39, 0.29) is 6.61 Å². The second-order valence-electron chi connectivity index (χ2n) is 2.83. The molecule has 0 saturated carbocycles. The van der Waals surface area contributed by atoms with Crippen molar-refractivity contribution in [1.82, 2.24) is 0 Å². The molecule has 70 valence electrons. The van der Waals surface area contributed by atoms with Crippen molar-refractivity contribution >= 4 is 33.0 Å². The molecule has 4 heteroatoms. The summed E-state index contributed by atoms with van der Waals surface area (Å²) in [5.41, 5.74) is 1.37. The average Bonchev–Trinajstić information content (AvgIpc) is 2.60. The van der Waals surface area contributed by atoms with Gasteiger partial charge in [-0.15, -0.1) is 11.3 Å². The molecule has 1 aromatic carbocycles. The maximum Gasteiger partial charge on any atom is 0.0999 e. The first-order valence-corrected chi connectivity index (χ1v) is 5.23. The van der Waals surface area contributed by atoms with Gasteiger partial charge in [-0.3, -0.25) is 0 Å². The van der Waals surface area contributed by atoms with Crippen LogP contribution in [0.25, 0.3) is 10.1 Å². The topological polar surface area (TPSA) is 44.0 Å². The van der Waals surface area contributed by atoms with Gasteiger partial charge in [0.25, 0.3) is 0 Å². The van der Waals surface area contributed by atoms with E-state index in [9.17, 15) is 0 Å². The van der Waals surface area contributed by atoms with Gasteiger partial charge in [0.05, 0.1) is 23.3 Å². The minimum atomic E-state index is -0.0287. The highest BCUT2D eigenvalue weighted by Crippen LogP contribution is 2.34. The number of rotatable bonds is 1. The lowest BCUT2D eigenvalue weighted by Gasteiger charge is -2.00. The second-order valence-corrected chi connectivity index (χ2v) is 4.12. The van der Waals surface area contributed by atoms with E-state index in [1.807, 2.05) is 0 Å². The summed E-state index contributed by atoms with van der Waals surface area (Å²) in [5, 5.41) is 21.1. The molecule has 2 aromatic rings. The van der Waals surface area contributed by atoms with Crippen LogP contribution in [-0.4, -0.2) is 5.11 Å². The minimum absolute atomic E-state index is 0.0287. The number of fused-ring (bicyclic) bond motifs is 1. The fourth-order valence-electron chi connectivity index (χ4n) is 1.38. The fraction of sp³-hybridized carbons (Fsp3) is 0.100. The van der Waals surface area contributed by atoms with E-state index in [0.29, 0.717) is 10.6 Å². The van der Waals surface area contributed by atoms with Gasteiger partial charge in [0.15, 0.2) is 0 Å². The van der Waals surface area contributed by atoms with E-state index in [4.69, 9.17) is 22.0 Å². The smallest absolute Gasteiger partial charge is 0.0999 e. The number of aliphatic hydroxyl groups excluding tert-OH is 1.